The zero-order valence-electron chi connectivity index (χ0n) is 53.9. The van der Waals surface area contributed by atoms with Crippen molar-refractivity contribution in [3.8, 4) is 22.6 Å². The average molecular weight is 1390 g/mol. The van der Waals surface area contributed by atoms with Gasteiger partial charge in [-0.1, -0.05) is 23.7 Å². The van der Waals surface area contributed by atoms with E-state index in [1.54, 1.807) is 95.9 Å². The maximum atomic E-state index is 14.7. The van der Waals surface area contributed by atoms with Crippen LogP contribution in [0.4, 0.5) is 28.9 Å². The van der Waals surface area contributed by atoms with Crippen molar-refractivity contribution in [2.45, 2.75) is 38.9 Å². The molecule has 1 saturated heterocycles. The van der Waals surface area contributed by atoms with Crippen LogP contribution in [0.15, 0.2) is 158 Å². The molecule has 0 atom stereocenters. The number of nitrogens with zero attached hydrogens (tertiary/aromatic N) is 12. The van der Waals surface area contributed by atoms with E-state index in [1.165, 1.54) is 98.2 Å². The topological polar surface area (TPSA) is 247 Å². The summed E-state index contributed by atoms with van der Waals surface area (Å²) in [5.74, 6) is -2.37. The monoisotopic (exact) mass is 1380 g/mol. The van der Waals surface area contributed by atoms with Crippen molar-refractivity contribution in [3.05, 3.63) is 198 Å². The average Bonchev–Trinajstić information content (AvgIpc) is 1.55. The Hall–Kier alpha value is -10.6. The normalized spacial score (nSPS) is 13.8. The second-order valence-electron chi connectivity index (χ2n) is 24.2. The molecule has 8 aromatic heterocycles. The van der Waals surface area contributed by atoms with Crippen LogP contribution < -0.4 is 24.7 Å². The van der Waals surface area contributed by atoms with Gasteiger partial charge in [-0.05, 0) is 161 Å². The first-order valence-electron chi connectivity index (χ1n) is 30.1. The Balaban J connectivity index is 0.000000142. The third-order valence-corrected chi connectivity index (χ3v) is 20.2. The summed E-state index contributed by atoms with van der Waals surface area (Å²) in [7, 11) is -2.46. The van der Waals surface area contributed by atoms with Gasteiger partial charge >= 0.3 is 7.12 Å². The van der Waals surface area contributed by atoms with Crippen LogP contribution in [-0.2, 0) is 29.4 Å². The quantitative estimate of drug-likeness (QED) is 0.0735. The first-order chi connectivity index (χ1) is 46.4. The minimum absolute atomic E-state index is 0.169. The molecular formula is C68H58BClF4N14O8S2. The van der Waals surface area contributed by atoms with Crippen molar-refractivity contribution >= 4 is 144 Å². The summed E-state index contributed by atoms with van der Waals surface area (Å²) in [6.45, 7) is 7.59. The summed E-state index contributed by atoms with van der Waals surface area (Å²) < 4.78 is 127. The van der Waals surface area contributed by atoms with Crippen LogP contribution in [0.25, 0.3) is 99.3 Å². The van der Waals surface area contributed by atoms with Crippen molar-refractivity contribution in [1.29, 1.82) is 0 Å². The molecule has 0 saturated carbocycles. The number of rotatable bonds is 10. The molecule has 30 heteroatoms. The lowest BCUT2D eigenvalue weighted by Gasteiger charge is -2.32. The standard InChI is InChI=1S/C31H23F2N7O3S.C23H28BFN4O5S.C14H7ClFN3/c1-34-31(41)30-21-13-20(27(38(2)44(3,42)43)15-25(21)37-40(30)18-9-7-17(32)8-10-18)23-11-12-24-29(36-23)28-14-19-22(33)5-4-6-26(19)39(28)16-35-24;1-22(2)23(3,4)34-24(33-22)17-12-16-18(13-19(17)28(6)35(7,31)32)27-29(20(16)21(30)26-5)15-10-8-14(25)9-11-15;15-13-5-4-10-14(18-13)12-6-8-9(16)2-1-3-11(8)19(12)7-17-10/h4-16H,1-3H3,(H,34,41);8-13H,1-7H3,(H,26,30);1-7H. The van der Waals surface area contributed by atoms with Gasteiger partial charge in [0.05, 0.1) is 96.3 Å². The number of sulfonamides is 2. The van der Waals surface area contributed by atoms with Gasteiger partial charge in [-0.25, -0.2) is 63.7 Å². The van der Waals surface area contributed by atoms with Crippen LogP contribution in [0.2, 0.25) is 5.15 Å². The number of amides is 2. The van der Waals surface area contributed by atoms with E-state index in [1.807, 2.05) is 38.2 Å². The summed E-state index contributed by atoms with van der Waals surface area (Å²) in [5.41, 5.74) is 7.71. The smallest absolute Gasteiger partial charge is 0.399 e. The van der Waals surface area contributed by atoms with Gasteiger partial charge in [-0.2, -0.15) is 10.2 Å². The van der Waals surface area contributed by atoms with Gasteiger partial charge in [0.2, 0.25) is 20.0 Å². The summed E-state index contributed by atoms with van der Waals surface area (Å²) in [6.07, 6.45) is 5.46. The van der Waals surface area contributed by atoms with Crippen LogP contribution in [-0.4, -0.2) is 136 Å². The van der Waals surface area contributed by atoms with E-state index in [9.17, 15) is 44.0 Å². The molecule has 498 valence electrons. The summed E-state index contributed by atoms with van der Waals surface area (Å²) in [6, 6.07) is 37.8. The molecule has 15 rings (SSSR count). The molecule has 98 heavy (non-hydrogen) atoms. The lowest BCUT2D eigenvalue weighted by Crippen LogP contribution is -2.41. The van der Waals surface area contributed by atoms with E-state index in [0.717, 1.165) is 37.7 Å². The molecule has 1 aliphatic rings. The Morgan fingerprint density at radius 2 is 0.969 bits per heavy atom. The minimum Gasteiger partial charge on any atom is -0.399 e. The van der Waals surface area contributed by atoms with Crippen LogP contribution in [0.1, 0.15) is 48.7 Å². The second kappa shape index (κ2) is 24.5. The molecule has 2 N–H and O–H groups in total. The van der Waals surface area contributed by atoms with Crippen LogP contribution in [0.3, 0.4) is 0 Å². The van der Waals surface area contributed by atoms with Crippen LogP contribution in [0, 0.1) is 23.3 Å². The Morgan fingerprint density at radius 3 is 1.44 bits per heavy atom. The molecule has 0 radical (unpaired) electrons. The number of halogens is 5. The number of benzene rings is 6. The van der Waals surface area contributed by atoms with E-state index in [-0.39, 0.29) is 28.7 Å². The maximum Gasteiger partial charge on any atom is 0.497 e. The van der Waals surface area contributed by atoms with Crippen molar-refractivity contribution in [3.63, 3.8) is 0 Å². The fourth-order valence-corrected chi connectivity index (χ4v) is 12.8. The SMILES string of the molecule is CNC(=O)c1c2cc(-c3ccc4ncn5c6cccc(F)c6cc5c4n3)c(N(C)S(C)(=O)=O)cc2nn1-c1ccc(F)cc1.CNC(=O)c1c2cc(B3OC(C)(C)C(C)(C)O3)c(N(C)S(C)(=O)=O)cc2nn1-c1ccc(F)cc1.Fc1cccc2c1cc1c3nc(Cl)ccc3ncn21. The molecule has 6 aromatic carbocycles. The van der Waals surface area contributed by atoms with Gasteiger partial charge in [-0.3, -0.25) is 27.0 Å². The first kappa shape index (κ1) is 66.0. The number of hydrogen-bond acceptors (Lipinski definition) is 14. The van der Waals surface area contributed by atoms with Gasteiger partial charge in [0.25, 0.3) is 11.8 Å². The highest BCUT2D eigenvalue weighted by atomic mass is 35.5. The molecular weight excluding hydrogens is 1330 g/mol. The third-order valence-electron chi connectivity index (χ3n) is 17.6. The fourth-order valence-electron chi connectivity index (χ4n) is 11.6. The van der Waals surface area contributed by atoms with Crippen LogP contribution in [0.5, 0.6) is 0 Å². The lowest BCUT2D eigenvalue weighted by molar-refractivity contribution is 0.00578. The molecule has 0 unspecified atom stereocenters. The molecule has 1 fully saturated rings. The van der Waals surface area contributed by atoms with Gasteiger partial charge in [0.1, 0.15) is 63.5 Å². The second-order valence-corrected chi connectivity index (χ2v) is 28.6. The zero-order chi connectivity index (χ0) is 69.8. The number of fused-ring (bicyclic) bond motifs is 12. The first-order valence-corrected chi connectivity index (χ1v) is 34.2. The highest BCUT2D eigenvalue weighted by molar-refractivity contribution is 7.92. The van der Waals surface area contributed by atoms with E-state index in [0.29, 0.717) is 99.1 Å². The van der Waals surface area contributed by atoms with E-state index in [2.05, 4.69) is 35.8 Å². The Bertz CT molecular complexity index is 5860. The number of aromatic nitrogens is 10. The Kier molecular flexibility index (Phi) is 16.5. The number of hydrogen-bond donors (Lipinski definition) is 2. The zero-order valence-corrected chi connectivity index (χ0v) is 56.3. The Morgan fingerprint density at radius 1 is 0.531 bits per heavy atom. The number of anilines is 2. The predicted octanol–water partition coefficient (Wildman–Crippen LogP) is 11.1. The van der Waals surface area contributed by atoms with Crippen molar-refractivity contribution in [1.82, 2.24) is 58.9 Å². The number of nitrogens with one attached hydrogen (secondary N) is 2. The van der Waals surface area contributed by atoms with Gasteiger partial charge in [0.15, 0.2) is 0 Å². The largest absolute Gasteiger partial charge is 0.497 e. The van der Waals surface area contributed by atoms with Crippen molar-refractivity contribution < 1.29 is 53.3 Å². The van der Waals surface area contributed by atoms with E-state index < -0.39 is 61.8 Å². The summed E-state index contributed by atoms with van der Waals surface area (Å²) in [4.78, 5) is 44.2. The summed E-state index contributed by atoms with van der Waals surface area (Å²) >= 11 is 5.93. The van der Waals surface area contributed by atoms with E-state index in [4.69, 9.17) is 25.9 Å². The molecule has 9 heterocycles. The van der Waals surface area contributed by atoms with Gasteiger partial charge in [0, 0.05) is 60.8 Å². The highest BCUT2D eigenvalue weighted by Gasteiger charge is 2.53. The van der Waals surface area contributed by atoms with Gasteiger partial charge in [-0.15, -0.1) is 0 Å². The third kappa shape index (κ3) is 11.7. The molecule has 0 bridgehead atoms. The fraction of sp³-hybridized carbons (Fsp3) is 0.176. The Labute approximate surface area is 562 Å². The molecule has 1 aliphatic heterocycles. The molecule has 0 spiro atoms. The molecule has 0 aliphatic carbocycles. The van der Waals surface area contributed by atoms with E-state index >= 15 is 0 Å². The van der Waals surface area contributed by atoms with Gasteiger partial charge < -0.3 is 19.9 Å². The molecule has 22 nitrogen and oxygen atoms in total. The minimum atomic E-state index is -3.74. The lowest BCUT2D eigenvalue weighted by atomic mass is 9.77. The number of carbonyl (C=O) groups excluding carboxylic acids is 2. The van der Waals surface area contributed by atoms with Crippen molar-refractivity contribution in [2.24, 2.45) is 0 Å². The van der Waals surface area contributed by atoms with Crippen LogP contribution >= 0.6 is 11.6 Å². The molecule has 2 amide bonds. The van der Waals surface area contributed by atoms with Crippen molar-refractivity contribution in [2.75, 3.05) is 49.3 Å². The number of carbonyl (C=O) groups is 2. The number of pyridine rings is 2. The maximum absolute atomic E-state index is 14.7. The summed E-state index contributed by atoms with van der Waals surface area (Å²) in [5, 5.41) is 16.7. The highest BCUT2D eigenvalue weighted by Crippen LogP contribution is 2.41. The molecule has 14 aromatic rings. The predicted molar refractivity (Wildman–Crippen MR) is 371 cm³/mol.